The molecule has 1 saturated carbocycles. The molecule has 0 saturated heterocycles. The highest BCUT2D eigenvalue weighted by Crippen LogP contribution is 2.24. The minimum atomic E-state index is -4.69. The maximum absolute atomic E-state index is 12.1. The minimum Gasteiger partial charge on any atom is -0.406 e. The van der Waals surface area contributed by atoms with Crippen LogP contribution in [-0.4, -0.2) is 27.4 Å². The highest BCUT2D eigenvalue weighted by Gasteiger charge is 2.31. The molecule has 0 spiro atoms. The number of rotatable bonds is 5. The van der Waals surface area contributed by atoms with Crippen LogP contribution < -0.4 is 10.1 Å². The second-order valence-corrected chi connectivity index (χ2v) is 4.83. The van der Waals surface area contributed by atoms with Crippen molar-refractivity contribution in [3.05, 3.63) is 36.2 Å². The van der Waals surface area contributed by atoms with E-state index in [0.717, 1.165) is 5.69 Å². The highest BCUT2D eigenvalue weighted by molar-refractivity contribution is 5.37. The Balaban J connectivity index is 1.72. The summed E-state index contributed by atoms with van der Waals surface area (Å²) in [5, 5.41) is 11.1. The quantitative estimate of drug-likeness (QED) is 0.921. The Labute approximate surface area is 118 Å². The van der Waals surface area contributed by atoms with E-state index in [4.69, 9.17) is 0 Å². The maximum Gasteiger partial charge on any atom is 0.573 e. The van der Waals surface area contributed by atoms with Crippen LogP contribution in [0.3, 0.4) is 0 Å². The normalized spacial score (nSPS) is 15.2. The van der Waals surface area contributed by atoms with Crippen molar-refractivity contribution in [2.24, 2.45) is 0 Å². The molecule has 112 valence electrons. The second kappa shape index (κ2) is 5.36. The average molecular weight is 298 g/mol. The van der Waals surface area contributed by atoms with Gasteiger partial charge in [0.15, 0.2) is 0 Å². The number of nitrogens with one attached hydrogen (secondary N) is 1. The summed E-state index contributed by atoms with van der Waals surface area (Å²) in [5.74, 6) is -0.260. The van der Waals surface area contributed by atoms with Crippen LogP contribution >= 0.6 is 0 Å². The fraction of sp³-hybridized carbons (Fsp3) is 0.385. The first-order valence-electron chi connectivity index (χ1n) is 6.50. The number of halogens is 3. The van der Waals surface area contributed by atoms with Crippen molar-refractivity contribution in [2.75, 3.05) is 0 Å². The highest BCUT2D eigenvalue weighted by atomic mass is 19.4. The zero-order chi connectivity index (χ0) is 14.9. The lowest BCUT2D eigenvalue weighted by molar-refractivity contribution is -0.274. The van der Waals surface area contributed by atoms with Crippen molar-refractivity contribution in [1.82, 2.24) is 20.3 Å². The van der Waals surface area contributed by atoms with Gasteiger partial charge in [-0.05, 0) is 37.1 Å². The fourth-order valence-electron chi connectivity index (χ4n) is 1.92. The van der Waals surface area contributed by atoms with Gasteiger partial charge in [-0.2, -0.15) is 0 Å². The van der Waals surface area contributed by atoms with E-state index in [2.05, 4.69) is 20.4 Å². The van der Waals surface area contributed by atoms with Crippen molar-refractivity contribution in [3.8, 4) is 11.4 Å². The topological polar surface area (TPSA) is 52.0 Å². The Morgan fingerprint density at radius 1 is 1.24 bits per heavy atom. The second-order valence-electron chi connectivity index (χ2n) is 4.83. The molecule has 0 atom stereocenters. The first-order chi connectivity index (χ1) is 10.0. The number of nitrogens with zero attached hydrogens (tertiary/aromatic N) is 3. The van der Waals surface area contributed by atoms with Crippen molar-refractivity contribution in [3.63, 3.8) is 0 Å². The Morgan fingerprint density at radius 3 is 2.57 bits per heavy atom. The standard InChI is InChI=1S/C13H13F3N4O/c14-13(15,16)21-12-5-3-10(4-6-12)20-11(8-18-19-20)7-17-9-1-2-9/h3-6,8-9,17H,1-2,7H2. The Morgan fingerprint density at radius 2 is 1.95 bits per heavy atom. The molecule has 2 aromatic rings. The number of aromatic nitrogens is 3. The molecule has 1 aliphatic rings. The molecule has 0 bridgehead atoms. The first-order valence-corrected chi connectivity index (χ1v) is 6.50. The third kappa shape index (κ3) is 3.72. The monoisotopic (exact) mass is 298 g/mol. The molecule has 21 heavy (non-hydrogen) atoms. The number of benzene rings is 1. The van der Waals surface area contributed by atoms with E-state index in [1.165, 1.54) is 37.1 Å². The molecule has 3 rings (SSSR count). The molecular formula is C13H13F3N4O. The van der Waals surface area contributed by atoms with Crippen molar-refractivity contribution in [2.45, 2.75) is 31.8 Å². The van der Waals surface area contributed by atoms with Gasteiger partial charge in [-0.15, -0.1) is 18.3 Å². The van der Waals surface area contributed by atoms with Gasteiger partial charge in [0.1, 0.15) is 5.75 Å². The van der Waals surface area contributed by atoms with Gasteiger partial charge in [0.25, 0.3) is 0 Å². The summed E-state index contributed by atoms with van der Waals surface area (Å²) < 4.78 is 41.7. The van der Waals surface area contributed by atoms with E-state index in [-0.39, 0.29) is 5.75 Å². The Hall–Kier alpha value is -2.09. The minimum absolute atomic E-state index is 0.260. The molecule has 1 heterocycles. The smallest absolute Gasteiger partial charge is 0.406 e. The molecule has 0 unspecified atom stereocenters. The summed E-state index contributed by atoms with van der Waals surface area (Å²) in [5.41, 5.74) is 1.49. The van der Waals surface area contributed by atoms with Gasteiger partial charge in [-0.1, -0.05) is 5.21 Å². The van der Waals surface area contributed by atoms with Crippen LogP contribution in [0.1, 0.15) is 18.5 Å². The van der Waals surface area contributed by atoms with Gasteiger partial charge in [0.2, 0.25) is 0 Å². The number of alkyl halides is 3. The lowest BCUT2D eigenvalue weighted by Gasteiger charge is -2.10. The van der Waals surface area contributed by atoms with Crippen LogP contribution in [0.4, 0.5) is 13.2 Å². The van der Waals surface area contributed by atoms with E-state index in [1.54, 1.807) is 10.9 Å². The van der Waals surface area contributed by atoms with Crippen LogP contribution in [0.25, 0.3) is 5.69 Å². The number of ether oxygens (including phenoxy) is 1. The Bertz CT molecular complexity index is 605. The third-order valence-electron chi connectivity index (χ3n) is 3.08. The predicted molar refractivity (Wildman–Crippen MR) is 67.9 cm³/mol. The predicted octanol–water partition coefficient (Wildman–Crippen LogP) is 2.42. The van der Waals surface area contributed by atoms with Crippen molar-refractivity contribution in [1.29, 1.82) is 0 Å². The van der Waals surface area contributed by atoms with Gasteiger partial charge in [0, 0.05) is 12.6 Å². The average Bonchev–Trinajstić information content (AvgIpc) is 3.13. The zero-order valence-corrected chi connectivity index (χ0v) is 11.0. The van der Waals surface area contributed by atoms with Gasteiger partial charge < -0.3 is 10.1 Å². The number of hydrogen-bond donors (Lipinski definition) is 1. The summed E-state index contributed by atoms with van der Waals surface area (Å²) in [6.45, 7) is 0.623. The first kappa shape index (κ1) is 13.9. The third-order valence-corrected chi connectivity index (χ3v) is 3.08. The summed E-state index contributed by atoms with van der Waals surface area (Å²) in [7, 11) is 0. The summed E-state index contributed by atoms with van der Waals surface area (Å²) in [6.07, 6.45) is -0.709. The lowest BCUT2D eigenvalue weighted by atomic mass is 10.3. The number of hydrogen-bond acceptors (Lipinski definition) is 4. The molecular weight excluding hydrogens is 285 g/mol. The zero-order valence-electron chi connectivity index (χ0n) is 11.0. The molecule has 1 fully saturated rings. The van der Waals surface area contributed by atoms with Gasteiger partial charge in [-0.25, -0.2) is 4.68 Å². The summed E-state index contributed by atoms with van der Waals surface area (Å²) in [6, 6.07) is 6.08. The molecule has 1 aromatic carbocycles. The molecule has 1 aromatic heterocycles. The van der Waals surface area contributed by atoms with E-state index in [9.17, 15) is 13.2 Å². The van der Waals surface area contributed by atoms with E-state index < -0.39 is 6.36 Å². The SMILES string of the molecule is FC(F)(F)Oc1ccc(-n2nncc2CNC2CC2)cc1. The molecule has 1 aliphatic carbocycles. The van der Waals surface area contributed by atoms with Crippen LogP contribution in [0, 0.1) is 0 Å². The summed E-state index contributed by atoms with van der Waals surface area (Å²) in [4.78, 5) is 0. The molecule has 0 radical (unpaired) electrons. The van der Waals surface area contributed by atoms with Gasteiger partial charge >= 0.3 is 6.36 Å². The fourth-order valence-corrected chi connectivity index (χ4v) is 1.92. The van der Waals surface area contributed by atoms with Gasteiger partial charge in [-0.3, -0.25) is 0 Å². The molecule has 8 heteroatoms. The van der Waals surface area contributed by atoms with Crippen LogP contribution in [-0.2, 0) is 6.54 Å². The van der Waals surface area contributed by atoms with E-state index in [1.807, 2.05) is 0 Å². The summed E-state index contributed by atoms with van der Waals surface area (Å²) >= 11 is 0. The van der Waals surface area contributed by atoms with Crippen molar-refractivity contribution < 1.29 is 17.9 Å². The molecule has 5 nitrogen and oxygen atoms in total. The van der Waals surface area contributed by atoms with Gasteiger partial charge in [0.05, 0.1) is 17.6 Å². The lowest BCUT2D eigenvalue weighted by Crippen LogP contribution is -2.18. The van der Waals surface area contributed by atoms with Crippen LogP contribution in [0.15, 0.2) is 30.5 Å². The van der Waals surface area contributed by atoms with Crippen LogP contribution in [0.5, 0.6) is 5.75 Å². The largest absolute Gasteiger partial charge is 0.573 e. The maximum atomic E-state index is 12.1. The molecule has 0 aliphatic heterocycles. The Kier molecular flexibility index (Phi) is 3.54. The van der Waals surface area contributed by atoms with E-state index >= 15 is 0 Å². The molecule has 1 N–H and O–H groups in total. The van der Waals surface area contributed by atoms with E-state index in [0.29, 0.717) is 18.3 Å². The van der Waals surface area contributed by atoms with Crippen molar-refractivity contribution >= 4 is 0 Å². The van der Waals surface area contributed by atoms with Crippen LogP contribution in [0.2, 0.25) is 0 Å². The molecule has 0 amide bonds.